The third-order valence-electron chi connectivity index (χ3n) is 3.09. The van der Waals surface area contributed by atoms with Gasteiger partial charge in [0, 0.05) is 13.5 Å². The number of carbonyl (C=O) groups is 1. The van der Waals surface area contributed by atoms with E-state index >= 15 is 0 Å². The maximum Gasteiger partial charge on any atom is 0.156 e. The lowest BCUT2D eigenvalue weighted by Crippen LogP contribution is -2.27. The molecule has 0 aliphatic carbocycles. The molecule has 0 amide bonds. The molecule has 100 valence electrons. The Labute approximate surface area is 119 Å². The molecule has 0 heterocycles. The highest BCUT2D eigenvalue weighted by molar-refractivity contribution is 5.85. The molecule has 0 saturated heterocycles. The lowest BCUT2D eigenvalue weighted by atomic mass is 10.1. The Hall–Kier alpha value is -2.60. The molecule has 0 atom stereocenters. The second-order valence-corrected chi connectivity index (χ2v) is 4.69. The van der Waals surface area contributed by atoms with Crippen molar-refractivity contribution in [1.82, 2.24) is 0 Å². The van der Waals surface area contributed by atoms with Crippen LogP contribution < -0.4 is 4.90 Å². The van der Waals surface area contributed by atoms with Crippen LogP contribution in [0, 0.1) is 11.3 Å². The van der Waals surface area contributed by atoms with Crippen molar-refractivity contribution in [1.29, 1.82) is 5.26 Å². The van der Waals surface area contributed by atoms with Gasteiger partial charge in [-0.1, -0.05) is 42.5 Å². The number of Topliss-reactive ketones (excluding diaryl/α,β-unsaturated/α-hetero) is 1. The van der Waals surface area contributed by atoms with Gasteiger partial charge >= 0.3 is 0 Å². The van der Waals surface area contributed by atoms with E-state index < -0.39 is 0 Å². The Kier molecular flexibility index (Phi) is 4.52. The van der Waals surface area contributed by atoms with Crippen molar-refractivity contribution in [3.05, 3.63) is 65.7 Å². The van der Waals surface area contributed by atoms with E-state index in [2.05, 4.69) is 6.07 Å². The number of rotatable bonds is 5. The zero-order valence-electron chi connectivity index (χ0n) is 11.4. The van der Waals surface area contributed by atoms with Crippen LogP contribution in [0.15, 0.2) is 54.6 Å². The molecule has 3 nitrogen and oxygen atoms in total. The van der Waals surface area contributed by atoms with E-state index in [9.17, 15) is 4.79 Å². The lowest BCUT2D eigenvalue weighted by molar-refractivity contribution is -0.117. The molecule has 0 spiro atoms. The first-order chi connectivity index (χ1) is 9.70. The van der Waals surface area contributed by atoms with Crippen LogP contribution in [-0.4, -0.2) is 19.4 Å². The van der Waals surface area contributed by atoms with E-state index in [0.29, 0.717) is 18.5 Å². The molecule has 20 heavy (non-hydrogen) atoms. The zero-order valence-corrected chi connectivity index (χ0v) is 11.4. The number of nitrogens with zero attached hydrogens (tertiary/aromatic N) is 2. The summed E-state index contributed by atoms with van der Waals surface area (Å²) in [6.07, 6.45) is 0.417. The monoisotopic (exact) mass is 264 g/mol. The highest BCUT2D eigenvalue weighted by Crippen LogP contribution is 2.18. The first-order valence-corrected chi connectivity index (χ1v) is 6.46. The molecule has 2 aromatic carbocycles. The summed E-state index contributed by atoms with van der Waals surface area (Å²) in [6.45, 7) is 0.299. The van der Waals surface area contributed by atoms with Gasteiger partial charge in [0.15, 0.2) is 5.78 Å². The minimum absolute atomic E-state index is 0.131. The molecule has 0 fully saturated rings. The predicted octanol–water partition coefficient (Wildman–Crippen LogP) is 2.81. The Bertz CT molecular complexity index is 629. The van der Waals surface area contributed by atoms with Crippen molar-refractivity contribution in [3.63, 3.8) is 0 Å². The largest absolute Gasteiger partial charge is 0.366 e. The summed E-state index contributed by atoms with van der Waals surface area (Å²) >= 11 is 0. The standard InChI is InChI=1S/C17H16N2O/c1-19(17-10-6-5-9-15(17)12-18)13-16(20)11-14-7-3-2-4-8-14/h2-10H,11,13H2,1H3. The summed E-state index contributed by atoms with van der Waals surface area (Å²) in [6, 6.07) is 19.1. The molecule has 0 aliphatic rings. The first-order valence-electron chi connectivity index (χ1n) is 6.46. The van der Waals surface area contributed by atoms with Crippen LogP contribution in [0.3, 0.4) is 0 Å². The van der Waals surface area contributed by atoms with Crippen LogP contribution in [-0.2, 0) is 11.2 Å². The van der Waals surface area contributed by atoms with Crippen molar-refractivity contribution in [3.8, 4) is 6.07 Å². The first kappa shape index (κ1) is 13.8. The number of para-hydroxylation sites is 1. The van der Waals surface area contributed by atoms with E-state index in [1.807, 2.05) is 60.5 Å². The molecular weight excluding hydrogens is 248 g/mol. The van der Waals surface area contributed by atoms with E-state index in [1.54, 1.807) is 6.07 Å². The molecule has 0 N–H and O–H groups in total. The minimum atomic E-state index is 0.131. The van der Waals surface area contributed by atoms with E-state index in [4.69, 9.17) is 5.26 Å². The van der Waals surface area contributed by atoms with Crippen molar-refractivity contribution in [2.24, 2.45) is 0 Å². The van der Waals surface area contributed by atoms with Crippen molar-refractivity contribution in [2.75, 3.05) is 18.5 Å². The number of nitriles is 1. The van der Waals surface area contributed by atoms with Gasteiger partial charge in [0.2, 0.25) is 0 Å². The quantitative estimate of drug-likeness (QED) is 0.834. The van der Waals surface area contributed by atoms with Gasteiger partial charge < -0.3 is 4.90 Å². The van der Waals surface area contributed by atoms with Gasteiger partial charge in [-0.2, -0.15) is 5.26 Å². The zero-order chi connectivity index (χ0) is 14.4. The Morgan fingerprint density at radius 2 is 1.75 bits per heavy atom. The molecule has 3 heteroatoms. The second kappa shape index (κ2) is 6.53. The fourth-order valence-electron chi connectivity index (χ4n) is 2.13. The summed E-state index contributed by atoms with van der Waals surface area (Å²) in [5.41, 5.74) is 2.39. The minimum Gasteiger partial charge on any atom is -0.366 e. The molecule has 0 aromatic heterocycles. The highest BCUT2D eigenvalue weighted by Gasteiger charge is 2.11. The average Bonchev–Trinajstić information content (AvgIpc) is 2.48. The maximum absolute atomic E-state index is 12.1. The summed E-state index contributed by atoms with van der Waals surface area (Å²) in [5, 5.41) is 9.08. The number of carbonyl (C=O) groups excluding carboxylic acids is 1. The summed E-state index contributed by atoms with van der Waals surface area (Å²) in [7, 11) is 1.83. The van der Waals surface area contributed by atoms with Crippen LogP contribution in [0.1, 0.15) is 11.1 Å². The third-order valence-corrected chi connectivity index (χ3v) is 3.09. The van der Waals surface area contributed by atoms with Crippen LogP contribution in [0.5, 0.6) is 0 Å². The van der Waals surface area contributed by atoms with Crippen LogP contribution in [0.4, 0.5) is 5.69 Å². The van der Waals surface area contributed by atoms with Crippen LogP contribution in [0.2, 0.25) is 0 Å². The van der Waals surface area contributed by atoms with E-state index in [0.717, 1.165) is 11.3 Å². The Morgan fingerprint density at radius 3 is 2.45 bits per heavy atom. The van der Waals surface area contributed by atoms with Gasteiger partial charge in [-0.15, -0.1) is 0 Å². The number of hydrogen-bond donors (Lipinski definition) is 0. The molecule has 0 saturated carbocycles. The smallest absolute Gasteiger partial charge is 0.156 e. The second-order valence-electron chi connectivity index (χ2n) is 4.69. The van der Waals surface area contributed by atoms with Crippen molar-refractivity contribution in [2.45, 2.75) is 6.42 Å². The average molecular weight is 264 g/mol. The number of likely N-dealkylation sites (N-methyl/N-ethyl adjacent to an activating group) is 1. The molecule has 0 bridgehead atoms. The maximum atomic E-state index is 12.1. The topological polar surface area (TPSA) is 44.1 Å². The molecule has 0 unspecified atom stereocenters. The van der Waals surface area contributed by atoms with E-state index in [-0.39, 0.29) is 5.78 Å². The molecular formula is C17H16N2O. The molecule has 2 rings (SSSR count). The molecule has 2 aromatic rings. The van der Waals surface area contributed by atoms with Gasteiger partial charge in [0.05, 0.1) is 17.8 Å². The summed E-state index contributed by atoms with van der Waals surface area (Å²) in [4.78, 5) is 13.9. The molecule has 0 radical (unpaired) electrons. The predicted molar refractivity (Wildman–Crippen MR) is 79.6 cm³/mol. The fraction of sp³-hybridized carbons (Fsp3) is 0.176. The Balaban J connectivity index is 2.03. The van der Waals surface area contributed by atoms with Gasteiger partial charge in [0.25, 0.3) is 0 Å². The van der Waals surface area contributed by atoms with Gasteiger partial charge in [0.1, 0.15) is 6.07 Å². The van der Waals surface area contributed by atoms with Crippen molar-refractivity contribution < 1.29 is 4.79 Å². The fourth-order valence-corrected chi connectivity index (χ4v) is 2.13. The Morgan fingerprint density at radius 1 is 1.10 bits per heavy atom. The van der Waals surface area contributed by atoms with Crippen LogP contribution in [0.25, 0.3) is 0 Å². The van der Waals surface area contributed by atoms with E-state index in [1.165, 1.54) is 0 Å². The van der Waals surface area contributed by atoms with Crippen LogP contribution >= 0.6 is 0 Å². The third kappa shape index (κ3) is 3.46. The van der Waals surface area contributed by atoms with Gasteiger partial charge in [-0.3, -0.25) is 4.79 Å². The SMILES string of the molecule is CN(CC(=O)Cc1ccccc1)c1ccccc1C#N. The number of benzene rings is 2. The summed E-state index contributed by atoms with van der Waals surface area (Å²) in [5.74, 6) is 0.131. The normalized spacial score (nSPS) is 9.80. The molecule has 0 aliphatic heterocycles. The van der Waals surface area contributed by atoms with Crippen molar-refractivity contribution >= 4 is 11.5 Å². The number of anilines is 1. The highest BCUT2D eigenvalue weighted by atomic mass is 16.1. The summed E-state index contributed by atoms with van der Waals surface area (Å²) < 4.78 is 0. The number of ketones is 1. The number of hydrogen-bond acceptors (Lipinski definition) is 3. The van der Waals surface area contributed by atoms with Gasteiger partial charge in [-0.25, -0.2) is 0 Å². The lowest BCUT2D eigenvalue weighted by Gasteiger charge is -2.19. The van der Waals surface area contributed by atoms with Gasteiger partial charge in [-0.05, 0) is 17.7 Å².